The Balaban J connectivity index is 0.000000127. The third-order valence-corrected chi connectivity index (χ3v) is 16.6. The molecule has 0 aliphatic carbocycles. The third kappa shape index (κ3) is 9.83. The Hall–Kier alpha value is -7.72. The zero-order valence-electron chi connectivity index (χ0n) is 48.0. The van der Waals surface area contributed by atoms with E-state index >= 15 is 0 Å². The molecule has 0 atom stereocenters. The monoisotopic (exact) mass is 1430 g/mol. The summed E-state index contributed by atoms with van der Waals surface area (Å²) in [6.45, 7) is 22.1. The van der Waals surface area contributed by atoms with Gasteiger partial charge < -0.3 is 18.8 Å². The zero-order valence-corrected chi connectivity index (χ0v) is 52.8. The summed E-state index contributed by atoms with van der Waals surface area (Å²) < 4.78 is 8.36. The molecular formula is C70H64Ir2N10-4. The standard InChI is InChI=1S/2C23H20N3.C15H17N2.C9H7N2.2Ir/c2*1-4-15-12-19-21(13-16(15)5-2)26-20-9-7-6-8-17(20)22-18(23(26)25-19)11-10-14(3)24-22;1-14(2)11-7-5-6-8-12(11)17-13(9-10-16-17)15(14,3)4;1-2-5-9(6-3-1)11-8-4-7-10-11;;/h2*6-10,12-13H,4-5H2,1-3H3;5-7,9-10H,1-4H3;1-5,7-8H;;/q4*-1;;. The summed E-state index contributed by atoms with van der Waals surface area (Å²) in [5.41, 5.74) is 22.9. The average Bonchev–Trinajstić information content (AvgIpc) is 1.83. The minimum Gasteiger partial charge on any atom is -0.348 e. The van der Waals surface area contributed by atoms with E-state index in [1.54, 1.807) is 10.9 Å². The van der Waals surface area contributed by atoms with E-state index in [1.807, 2.05) is 79.5 Å². The first-order chi connectivity index (χ1) is 38.8. The van der Waals surface area contributed by atoms with Gasteiger partial charge in [-0.2, -0.15) is 58.7 Å². The number of aryl methyl sites for hydroxylation is 6. The molecule has 6 aromatic carbocycles. The van der Waals surface area contributed by atoms with Crippen molar-refractivity contribution < 1.29 is 40.2 Å². The number of benzene rings is 6. The summed E-state index contributed by atoms with van der Waals surface area (Å²) in [7, 11) is 0. The van der Waals surface area contributed by atoms with Crippen LogP contribution in [0.15, 0.2) is 158 Å². The molecule has 0 unspecified atom stereocenters. The Morgan fingerprint density at radius 3 is 1.49 bits per heavy atom. The van der Waals surface area contributed by atoms with Crippen molar-refractivity contribution in [2.45, 2.75) is 106 Å². The molecule has 82 heavy (non-hydrogen) atoms. The molecule has 1 aliphatic heterocycles. The van der Waals surface area contributed by atoms with E-state index in [4.69, 9.17) is 19.9 Å². The molecule has 2 radical (unpaired) electrons. The number of nitrogens with zero attached hydrogens (tertiary/aromatic N) is 10. The molecule has 8 aromatic heterocycles. The summed E-state index contributed by atoms with van der Waals surface area (Å²) in [5.74, 6) is 0. The normalized spacial score (nSPS) is 13.0. The number of hydrogen-bond acceptors (Lipinski definition) is 6. The fourth-order valence-electron chi connectivity index (χ4n) is 11.7. The Labute approximate surface area is 506 Å². The van der Waals surface area contributed by atoms with Crippen LogP contribution in [0.2, 0.25) is 0 Å². The van der Waals surface area contributed by atoms with Crippen molar-refractivity contribution in [2.75, 3.05) is 0 Å². The van der Waals surface area contributed by atoms with Crippen LogP contribution in [0.3, 0.4) is 0 Å². The first-order valence-corrected chi connectivity index (χ1v) is 27.9. The summed E-state index contributed by atoms with van der Waals surface area (Å²) >= 11 is 0. The summed E-state index contributed by atoms with van der Waals surface area (Å²) in [6.07, 6.45) is 9.65. The molecule has 0 bridgehead atoms. The van der Waals surface area contributed by atoms with Crippen LogP contribution in [0, 0.1) is 38.1 Å². The van der Waals surface area contributed by atoms with Gasteiger partial charge in [0.05, 0.1) is 33.4 Å². The van der Waals surface area contributed by atoms with Gasteiger partial charge >= 0.3 is 0 Å². The zero-order chi connectivity index (χ0) is 55.5. The quantitative estimate of drug-likeness (QED) is 0.126. The van der Waals surface area contributed by atoms with Gasteiger partial charge in [0.15, 0.2) is 0 Å². The second kappa shape index (κ2) is 23.3. The third-order valence-electron chi connectivity index (χ3n) is 16.6. The molecule has 0 saturated carbocycles. The van der Waals surface area contributed by atoms with E-state index in [2.05, 4.69) is 190 Å². The van der Waals surface area contributed by atoms with E-state index in [-0.39, 0.29) is 51.0 Å². The number of aromatic nitrogens is 10. The number of pyridine rings is 4. The fourth-order valence-corrected chi connectivity index (χ4v) is 11.7. The van der Waals surface area contributed by atoms with E-state index < -0.39 is 0 Å². The molecule has 0 amide bonds. The molecule has 0 N–H and O–H groups in total. The number of hydrogen-bond donors (Lipinski definition) is 0. The molecule has 15 rings (SSSR count). The number of rotatable bonds is 5. The number of imidazole rings is 2. The molecule has 1 aliphatic rings. The van der Waals surface area contributed by atoms with Crippen LogP contribution < -0.4 is 0 Å². The van der Waals surface area contributed by atoms with Crippen LogP contribution in [0.25, 0.3) is 88.3 Å². The van der Waals surface area contributed by atoms with Crippen molar-refractivity contribution in [1.29, 1.82) is 0 Å². The minimum atomic E-state index is 0. The topological polar surface area (TPSA) is 96.0 Å². The maximum absolute atomic E-state index is 5.00. The number of fused-ring (bicyclic) bond motifs is 19. The van der Waals surface area contributed by atoms with Crippen molar-refractivity contribution in [3.05, 3.63) is 227 Å². The first kappa shape index (κ1) is 57.5. The maximum Gasteiger partial charge on any atom is 0.0777 e. The summed E-state index contributed by atoms with van der Waals surface area (Å²) in [4.78, 5) is 19.6. The van der Waals surface area contributed by atoms with Crippen LogP contribution in [-0.4, -0.2) is 48.3 Å². The molecule has 9 heterocycles. The SMILES string of the molecule is CC1(C)c2ccc[c-]c2-n2nccc2C1(C)C.CCc1cc2nc3c4[c-]cc(C)nc4c4ccccc4n3c2cc1CC.CCc1cc2nc3c4[c-]cc(C)nc4c4ccccc4n3c2cc1CC.[Ir].[Ir].[c-]1ccccc1-n1cccn1. The van der Waals surface area contributed by atoms with E-state index in [0.717, 1.165) is 114 Å². The van der Waals surface area contributed by atoms with Crippen LogP contribution in [0.4, 0.5) is 0 Å². The van der Waals surface area contributed by atoms with Gasteiger partial charge in [0.1, 0.15) is 0 Å². The van der Waals surface area contributed by atoms with Gasteiger partial charge in [-0.3, -0.25) is 19.3 Å². The van der Waals surface area contributed by atoms with E-state index in [1.165, 1.54) is 44.5 Å². The van der Waals surface area contributed by atoms with Crippen molar-refractivity contribution in [2.24, 2.45) is 0 Å². The van der Waals surface area contributed by atoms with Crippen LogP contribution in [0.1, 0.15) is 100 Å². The molecule has 0 spiro atoms. The predicted octanol–water partition coefficient (Wildman–Crippen LogP) is 15.8. The molecule has 10 nitrogen and oxygen atoms in total. The maximum atomic E-state index is 5.00. The fraction of sp³-hybridized carbons (Fsp3) is 0.229. The molecule has 416 valence electrons. The Morgan fingerprint density at radius 2 is 0.988 bits per heavy atom. The van der Waals surface area contributed by atoms with Crippen molar-refractivity contribution >= 4 is 77.0 Å². The van der Waals surface area contributed by atoms with Gasteiger partial charge in [-0.15, -0.1) is 35.9 Å². The second-order valence-corrected chi connectivity index (χ2v) is 21.7. The average molecular weight is 1430 g/mol. The predicted molar refractivity (Wildman–Crippen MR) is 327 cm³/mol. The van der Waals surface area contributed by atoms with Gasteiger partial charge in [0.25, 0.3) is 0 Å². The molecule has 12 heteroatoms. The number of para-hydroxylation sites is 4. The van der Waals surface area contributed by atoms with Gasteiger partial charge in [-0.05, 0) is 146 Å². The second-order valence-electron chi connectivity index (χ2n) is 21.7. The Kier molecular flexibility index (Phi) is 16.3. The Morgan fingerprint density at radius 1 is 0.476 bits per heavy atom. The van der Waals surface area contributed by atoms with E-state index in [9.17, 15) is 0 Å². The first-order valence-electron chi connectivity index (χ1n) is 27.9. The molecular weight excluding hydrogens is 1370 g/mol. The van der Waals surface area contributed by atoms with Crippen LogP contribution in [0.5, 0.6) is 0 Å². The van der Waals surface area contributed by atoms with Gasteiger partial charge in [-0.25, -0.2) is 0 Å². The molecule has 14 aromatic rings. The van der Waals surface area contributed by atoms with Gasteiger partial charge in [0, 0.05) is 80.9 Å². The van der Waals surface area contributed by atoms with Gasteiger partial charge in [-0.1, -0.05) is 116 Å². The minimum absolute atomic E-state index is 0. The van der Waals surface area contributed by atoms with Crippen LogP contribution >= 0.6 is 0 Å². The summed E-state index contributed by atoms with van der Waals surface area (Å²) in [5, 5.41) is 12.8. The largest absolute Gasteiger partial charge is 0.348 e. The molecule has 0 fully saturated rings. The van der Waals surface area contributed by atoms with E-state index in [0.29, 0.717) is 0 Å². The smallest absolute Gasteiger partial charge is 0.0777 e. The van der Waals surface area contributed by atoms with Crippen molar-refractivity contribution in [3.8, 4) is 11.4 Å². The van der Waals surface area contributed by atoms with Crippen molar-refractivity contribution in [3.63, 3.8) is 0 Å². The Bertz CT molecular complexity index is 4420. The van der Waals surface area contributed by atoms with Gasteiger partial charge in [0.2, 0.25) is 0 Å². The van der Waals surface area contributed by atoms with Crippen molar-refractivity contribution in [1.82, 2.24) is 48.3 Å². The summed E-state index contributed by atoms with van der Waals surface area (Å²) in [6, 6.07) is 61.2. The molecule has 0 saturated heterocycles. The van der Waals surface area contributed by atoms with Crippen LogP contribution in [-0.2, 0) is 76.7 Å².